The molecule has 26 heavy (non-hydrogen) atoms. The molecule has 1 saturated heterocycles. The number of halogens is 1. The molecular formula is C20H36IN5. The number of hydrogen-bond acceptors (Lipinski definition) is 3. The predicted molar refractivity (Wildman–Crippen MR) is 123 cm³/mol. The fourth-order valence-corrected chi connectivity index (χ4v) is 3.37. The third-order valence-electron chi connectivity index (χ3n) is 5.21. The highest BCUT2D eigenvalue weighted by atomic mass is 127. The molecule has 0 aromatic heterocycles. The minimum absolute atomic E-state index is 0. The molecule has 0 radical (unpaired) electrons. The number of aryl methyl sites for hydroxylation is 1. The van der Waals surface area contributed by atoms with Crippen molar-refractivity contribution in [3.8, 4) is 0 Å². The average Bonchev–Trinajstić information content (AvgIpc) is 2.68. The molecule has 0 aliphatic carbocycles. The van der Waals surface area contributed by atoms with Crippen LogP contribution in [0.15, 0.2) is 29.3 Å². The van der Waals surface area contributed by atoms with Crippen LogP contribution in [0.3, 0.4) is 0 Å². The highest BCUT2D eigenvalue weighted by Crippen LogP contribution is 2.09. The van der Waals surface area contributed by atoms with E-state index in [-0.39, 0.29) is 24.0 Å². The first-order valence-electron chi connectivity index (χ1n) is 9.65. The Morgan fingerprint density at radius 2 is 1.73 bits per heavy atom. The Morgan fingerprint density at radius 3 is 2.31 bits per heavy atom. The number of aliphatic imine (C=N–C) groups is 1. The first kappa shape index (κ1) is 23.2. The fraction of sp³-hybridized carbons (Fsp3) is 0.650. The van der Waals surface area contributed by atoms with Gasteiger partial charge in [-0.2, -0.15) is 0 Å². The van der Waals surface area contributed by atoms with Crippen LogP contribution in [-0.4, -0.2) is 68.1 Å². The maximum absolute atomic E-state index is 4.37. The lowest BCUT2D eigenvalue weighted by Gasteiger charge is -2.37. The second-order valence-corrected chi connectivity index (χ2v) is 6.75. The minimum Gasteiger partial charge on any atom is -0.355 e. The van der Waals surface area contributed by atoms with E-state index in [0.29, 0.717) is 6.04 Å². The van der Waals surface area contributed by atoms with Crippen molar-refractivity contribution in [3.05, 3.63) is 35.4 Å². The largest absolute Gasteiger partial charge is 0.355 e. The summed E-state index contributed by atoms with van der Waals surface area (Å²) in [6, 6.07) is 9.11. The van der Waals surface area contributed by atoms with Crippen LogP contribution in [-0.2, 0) is 13.0 Å². The Balaban J connectivity index is 0.00000338. The summed E-state index contributed by atoms with van der Waals surface area (Å²) in [5, 5.41) is 6.93. The maximum atomic E-state index is 4.37. The molecule has 1 aliphatic rings. The molecule has 1 aromatic rings. The van der Waals surface area contributed by atoms with Crippen LogP contribution in [0.2, 0.25) is 0 Å². The van der Waals surface area contributed by atoms with Crippen molar-refractivity contribution in [3.63, 3.8) is 0 Å². The van der Waals surface area contributed by atoms with Crippen LogP contribution in [0.5, 0.6) is 0 Å². The van der Waals surface area contributed by atoms with Gasteiger partial charge in [-0.05, 0) is 31.0 Å². The standard InChI is InChI=1S/C20H35N5.HI/c1-5-18-9-7-8-10-19(18)16-23-20(21-4)22-15-17(3)25-13-11-24(6-2)12-14-25;/h7-10,17H,5-6,11-16H2,1-4H3,(H2,21,22,23);1H. The van der Waals surface area contributed by atoms with Gasteiger partial charge in [0.15, 0.2) is 5.96 Å². The lowest BCUT2D eigenvalue weighted by atomic mass is 10.1. The molecule has 1 aromatic carbocycles. The number of rotatable bonds is 7. The number of hydrogen-bond donors (Lipinski definition) is 2. The lowest BCUT2D eigenvalue weighted by Crippen LogP contribution is -2.53. The van der Waals surface area contributed by atoms with Crippen LogP contribution in [0, 0.1) is 0 Å². The highest BCUT2D eigenvalue weighted by Gasteiger charge is 2.20. The Kier molecular flexibility index (Phi) is 11.2. The third-order valence-corrected chi connectivity index (χ3v) is 5.21. The van der Waals surface area contributed by atoms with Crippen LogP contribution < -0.4 is 10.6 Å². The summed E-state index contributed by atoms with van der Waals surface area (Å²) < 4.78 is 0. The monoisotopic (exact) mass is 473 g/mol. The summed E-state index contributed by atoms with van der Waals surface area (Å²) in [6.07, 6.45) is 1.06. The molecule has 2 rings (SSSR count). The topological polar surface area (TPSA) is 42.9 Å². The first-order valence-corrected chi connectivity index (χ1v) is 9.65. The zero-order valence-electron chi connectivity index (χ0n) is 16.8. The van der Waals surface area contributed by atoms with E-state index in [2.05, 4.69) is 70.5 Å². The number of likely N-dealkylation sites (N-methyl/N-ethyl adjacent to an activating group) is 1. The van der Waals surface area contributed by atoms with E-state index < -0.39 is 0 Å². The van der Waals surface area contributed by atoms with Gasteiger partial charge >= 0.3 is 0 Å². The van der Waals surface area contributed by atoms with E-state index in [1.807, 2.05) is 7.05 Å². The fourth-order valence-electron chi connectivity index (χ4n) is 3.37. The Morgan fingerprint density at radius 1 is 1.08 bits per heavy atom. The molecule has 0 amide bonds. The van der Waals surface area contributed by atoms with Gasteiger partial charge < -0.3 is 15.5 Å². The second kappa shape index (κ2) is 12.5. The van der Waals surface area contributed by atoms with Crippen molar-refractivity contribution >= 4 is 29.9 Å². The molecule has 148 valence electrons. The van der Waals surface area contributed by atoms with Crippen molar-refractivity contribution in [1.82, 2.24) is 20.4 Å². The number of nitrogens with one attached hydrogen (secondary N) is 2. The van der Waals surface area contributed by atoms with Crippen LogP contribution in [0.1, 0.15) is 31.9 Å². The number of guanidine groups is 1. The molecule has 0 spiro atoms. The molecule has 5 nitrogen and oxygen atoms in total. The normalized spacial score (nSPS) is 17.5. The quantitative estimate of drug-likeness (QED) is 0.363. The molecule has 1 heterocycles. The lowest BCUT2D eigenvalue weighted by molar-refractivity contribution is 0.107. The van der Waals surface area contributed by atoms with Gasteiger partial charge in [-0.25, -0.2) is 0 Å². The first-order chi connectivity index (χ1) is 12.2. The van der Waals surface area contributed by atoms with E-state index in [1.165, 1.54) is 24.2 Å². The average molecular weight is 473 g/mol. The molecule has 1 aliphatic heterocycles. The highest BCUT2D eigenvalue weighted by molar-refractivity contribution is 14.0. The zero-order valence-corrected chi connectivity index (χ0v) is 19.1. The van der Waals surface area contributed by atoms with Crippen LogP contribution >= 0.6 is 24.0 Å². The van der Waals surface area contributed by atoms with Crippen molar-refractivity contribution in [2.24, 2.45) is 4.99 Å². The Labute approximate surface area is 176 Å². The summed E-state index contributed by atoms with van der Waals surface area (Å²) in [4.78, 5) is 9.45. The molecule has 1 unspecified atom stereocenters. The van der Waals surface area contributed by atoms with E-state index in [1.54, 1.807) is 0 Å². The summed E-state index contributed by atoms with van der Waals surface area (Å²) in [5.41, 5.74) is 2.74. The summed E-state index contributed by atoms with van der Waals surface area (Å²) in [7, 11) is 1.84. The maximum Gasteiger partial charge on any atom is 0.191 e. The van der Waals surface area contributed by atoms with Crippen LogP contribution in [0.25, 0.3) is 0 Å². The van der Waals surface area contributed by atoms with E-state index in [4.69, 9.17) is 0 Å². The van der Waals surface area contributed by atoms with E-state index in [9.17, 15) is 0 Å². The van der Waals surface area contributed by atoms with Gasteiger partial charge in [0, 0.05) is 52.4 Å². The molecular weight excluding hydrogens is 437 g/mol. The van der Waals surface area contributed by atoms with E-state index in [0.717, 1.165) is 45.1 Å². The zero-order chi connectivity index (χ0) is 18.1. The van der Waals surface area contributed by atoms with Crippen molar-refractivity contribution < 1.29 is 0 Å². The van der Waals surface area contributed by atoms with Crippen molar-refractivity contribution in [2.45, 2.75) is 39.8 Å². The van der Waals surface area contributed by atoms with Crippen LogP contribution in [0.4, 0.5) is 0 Å². The van der Waals surface area contributed by atoms with Gasteiger partial charge in [-0.3, -0.25) is 9.89 Å². The second-order valence-electron chi connectivity index (χ2n) is 6.75. The summed E-state index contributed by atoms with van der Waals surface area (Å²) >= 11 is 0. The van der Waals surface area contributed by atoms with Crippen molar-refractivity contribution in [1.29, 1.82) is 0 Å². The van der Waals surface area contributed by atoms with Gasteiger partial charge in [-0.1, -0.05) is 38.1 Å². The van der Waals surface area contributed by atoms with Gasteiger partial charge in [-0.15, -0.1) is 24.0 Å². The summed E-state index contributed by atoms with van der Waals surface area (Å²) in [6.45, 7) is 14.3. The Hall–Kier alpha value is -0.860. The predicted octanol–water partition coefficient (Wildman–Crippen LogP) is 2.56. The molecule has 1 fully saturated rings. The molecule has 1 atom stereocenters. The number of piperazine rings is 1. The molecule has 6 heteroatoms. The van der Waals surface area contributed by atoms with E-state index >= 15 is 0 Å². The van der Waals surface area contributed by atoms with Crippen molar-refractivity contribution in [2.75, 3.05) is 46.3 Å². The van der Waals surface area contributed by atoms with Gasteiger partial charge in [0.25, 0.3) is 0 Å². The SMILES string of the molecule is CCc1ccccc1CNC(=NC)NCC(C)N1CCN(CC)CC1.I. The van der Waals surface area contributed by atoms with Gasteiger partial charge in [0.2, 0.25) is 0 Å². The Bertz CT molecular complexity index is 541. The smallest absolute Gasteiger partial charge is 0.191 e. The number of nitrogens with zero attached hydrogens (tertiary/aromatic N) is 3. The van der Waals surface area contributed by atoms with Gasteiger partial charge in [0.1, 0.15) is 0 Å². The third kappa shape index (κ3) is 7.04. The van der Waals surface area contributed by atoms with Gasteiger partial charge in [0.05, 0.1) is 0 Å². The molecule has 0 bridgehead atoms. The minimum atomic E-state index is 0. The molecule has 2 N–H and O–H groups in total. The number of benzene rings is 1. The molecule has 0 saturated carbocycles. The summed E-state index contributed by atoms with van der Waals surface area (Å²) in [5.74, 6) is 0.880.